The summed E-state index contributed by atoms with van der Waals surface area (Å²) in [6.07, 6.45) is 2.29. The van der Waals surface area contributed by atoms with Crippen LogP contribution in [0.5, 0.6) is 0 Å². The van der Waals surface area contributed by atoms with E-state index >= 15 is 0 Å². The van der Waals surface area contributed by atoms with Crippen molar-refractivity contribution in [2.45, 2.75) is 37.2 Å². The van der Waals surface area contributed by atoms with Crippen molar-refractivity contribution in [2.75, 3.05) is 5.32 Å². The summed E-state index contributed by atoms with van der Waals surface area (Å²) in [5, 5.41) is 5.83. The zero-order valence-electron chi connectivity index (χ0n) is 13.9. The number of anilines is 1. The number of benzene rings is 1. The van der Waals surface area contributed by atoms with E-state index in [2.05, 4.69) is 10.6 Å². The Labute approximate surface area is 165 Å². The highest BCUT2D eigenvalue weighted by atomic mass is 35.5. The van der Waals surface area contributed by atoms with Gasteiger partial charge in [0, 0.05) is 18.0 Å². The summed E-state index contributed by atoms with van der Waals surface area (Å²) in [5.41, 5.74) is 1.02. The summed E-state index contributed by atoms with van der Waals surface area (Å²) < 4.78 is 2.57. The molecule has 5 nitrogen and oxygen atoms in total. The van der Waals surface area contributed by atoms with Crippen LogP contribution in [0.2, 0.25) is 0 Å². The Balaban J connectivity index is 1.60. The van der Waals surface area contributed by atoms with Crippen LogP contribution in [0.3, 0.4) is 0 Å². The maximum Gasteiger partial charge on any atom is 0.265 e. The van der Waals surface area contributed by atoms with Crippen LogP contribution in [0.4, 0.5) is 5.82 Å². The Morgan fingerprint density at radius 2 is 2.12 bits per heavy atom. The molecule has 3 unspecified atom stereocenters. The highest BCUT2D eigenvalue weighted by molar-refractivity contribution is 7.73. The third-order valence-corrected chi connectivity index (χ3v) is 6.80. The lowest BCUT2D eigenvalue weighted by Gasteiger charge is -2.38. The molecule has 2 N–H and O–H groups in total. The number of thiazole rings is 1. The normalized spacial score (nSPS) is 24.3. The number of fused-ring (bicyclic) bond motifs is 3. The molecule has 2 amide bonds. The van der Waals surface area contributed by atoms with Crippen molar-refractivity contribution in [1.82, 2.24) is 9.88 Å². The monoisotopic (exact) mass is 407 g/mol. The SMILES string of the molecule is O=C(NCc1ccccc1)c1sc(=S)n2c1NC(=O)C1CC(Cl)CCC12. The van der Waals surface area contributed by atoms with Crippen molar-refractivity contribution in [3.8, 4) is 0 Å². The number of nitrogens with zero attached hydrogens (tertiary/aromatic N) is 1. The average Bonchev–Trinajstić information content (AvgIpc) is 2.97. The van der Waals surface area contributed by atoms with Crippen LogP contribution in [-0.2, 0) is 11.3 Å². The molecule has 2 aromatic rings. The van der Waals surface area contributed by atoms with Crippen molar-refractivity contribution in [3.05, 3.63) is 44.7 Å². The number of rotatable bonds is 3. The highest BCUT2D eigenvalue weighted by Gasteiger charge is 2.42. The predicted molar refractivity (Wildman–Crippen MR) is 105 cm³/mol. The second-order valence-electron chi connectivity index (χ2n) is 6.66. The lowest BCUT2D eigenvalue weighted by atomic mass is 9.82. The van der Waals surface area contributed by atoms with E-state index in [1.54, 1.807) is 0 Å². The summed E-state index contributed by atoms with van der Waals surface area (Å²) in [6, 6.07) is 9.69. The summed E-state index contributed by atoms with van der Waals surface area (Å²) in [6.45, 7) is 0.428. The first kappa shape index (κ1) is 17.7. The van der Waals surface area contributed by atoms with E-state index in [1.165, 1.54) is 11.3 Å². The van der Waals surface area contributed by atoms with Crippen LogP contribution < -0.4 is 10.6 Å². The molecule has 1 saturated carbocycles. The number of hydrogen-bond donors (Lipinski definition) is 2. The van der Waals surface area contributed by atoms with Crippen LogP contribution >= 0.6 is 35.2 Å². The second-order valence-corrected chi connectivity index (χ2v) is 8.92. The van der Waals surface area contributed by atoms with Crippen molar-refractivity contribution in [2.24, 2.45) is 5.92 Å². The number of amides is 2. The van der Waals surface area contributed by atoms with Crippen molar-refractivity contribution in [3.63, 3.8) is 0 Å². The standard InChI is InChI=1S/C18H18ClN3O2S2/c19-11-6-7-13-12(8-11)16(23)21-15-14(26-18(25)22(13)15)17(24)20-9-10-4-2-1-3-5-10/h1-5,11-13H,6-9H2,(H,20,24)(H,21,23). The van der Waals surface area contributed by atoms with Crippen LogP contribution in [0, 0.1) is 9.87 Å². The van der Waals surface area contributed by atoms with Crippen molar-refractivity contribution < 1.29 is 9.59 Å². The van der Waals surface area contributed by atoms with Gasteiger partial charge in [-0.3, -0.25) is 9.59 Å². The van der Waals surface area contributed by atoms with E-state index in [4.69, 9.17) is 23.8 Å². The van der Waals surface area contributed by atoms with E-state index in [0.717, 1.165) is 18.4 Å². The first-order chi connectivity index (χ1) is 12.5. The zero-order valence-corrected chi connectivity index (χ0v) is 16.3. The Kier molecular flexibility index (Phi) is 4.86. The van der Waals surface area contributed by atoms with Gasteiger partial charge in [0.1, 0.15) is 10.7 Å². The van der Waals surface area contributed by atoms with Gasteiger partial charge >= 0.3 is 0 Å². The third-order valence-electron chi connectivity index (χ3n) is 5.00. The molecule has 0 spiro atoms. The van der Waals surface area contributed by atoms with Crippen LogP contribution in [0.25, 0.3) is 0 Å². The molecule has 1 aliphatic carbocycles. The fourth-order valence-electron chi connectivity index (χ4n) is 3.72. The van der Waals surface area contributed by atoms with E-state index in [-0.39, 0.29) is 29.2 Å². The minimum atomic E-state index is -0.219. The highest BCUT2D eigenvalue weighted by Crippen LogP contribution is 2.44. The summed E-state index contributed by atoms with van der Waals surface area (Å²) in [7, 11) is 0. The van der Waals surface area contributed by atoms with E-state index in [0.29, 0.717) is 27.6 Å². The molecule has 26 heavy (non-hydrogen) atoms. The third kappa shape index (κ3) is 3.19. The van der Waals surface area contributed by atoms with Gasteiger partial charge in [-0.2, -0.15) is 0 Å². The summed E-state index contributed by atoms with van der Waals surface area (Å²) in [4.78, 5) is 25.7. The lowest BCUT2D eigenvalue weighted by molar-refractivity contribution is -0.123. The van der Waals surface area contributed by atoms with Gasteiger partial charge in [0.05, 0.1) is 5.92 Å². The fourth-order valence-corrected chi connectivity index (χ4v) is 5.42. The van der Waals surface area contributed by atoms with Crippen molar-refractivity contribution in [1.29, 1.82) is 0 Å². The van der Waals surface area contributed by atoms with Crippen molar-refractivity contribution >= 4 is 52.8 Å². The predicted octanol–water partition coefficient (Wildman–Crippen LogP) is 4.11. The van der Waals surface area contributed by atoms with Gasteiger partial charge < -0.3 is 15.2 Å². The van der Waals surface area contributed by atoms with Gasteiger partial charge in [0.15, 0.2) is 3.95 Å². The quantitative estimate of drug-likeness (QED) is 0.594. The molecule has 3 atom stereocenters. The van der Waals surface area contributed by atoms with Gasteiger partial charge in [-0.05, 0) is 37.0 Å². The van der Waals surface area contributed by atoms with Gasteiger partial charge in [0.2, 0.25) is 5.91 Å². The fraction of sp³-hybridized carbons (Fsp3) is 0.389. The maximum atomic E-state index is 12.7. The Morgan fingerprint density at radius 1 is 1.35 bits per heavy atom. The number of carbonyl (C=O) groups is 2. The molecular weight excluding hydrogens is 390 g/mol. The van der Waals surface area contributed by atoms with Crippen LogP contribution in [-0.4, -0.2) is 21.8 Å². The maximum absolute atomic E-state index is 12.7. The molecule has 8 heteroatoms. The molecule has 2 heterocycles. The molecule has 136 valence electrons. The van der Waals surface area contributed by atoms with Gasteiger partial charge in [-0.25, -0.2) is 0 Å². The second kappa shape index (κ2) is 7.13. The molecule has 1 aromatic heterocycles. The first-order valence-corrected chi connectivity index (χ1v) is 10.2. The number of aromatic nitrogens is 1. The molecule has 4 rings (SSSR count). The number of carbonyl (C=O) groups excluding carboxylic acids is 2. The minimum Gasteiger partial charge on any atom is -0.347 e. The summed E-state index contributed by atoms with van der Waals surface area (Å²) in [5.74, 6) is 0.0684. The number of alkyl halides is 1. The Morgan fingerprint density at radius 3 is 2.88 bits per heavy atom. The van der Waals surface area contributed by atoms with Gasteiger partial charge in [-0.15, -0.1) is 11.6 Å². The lowest BCUT2D eigenvalue weighted by Crippen LogP contribution is -2.42. The molecule has 0 radical (unpaired) electrons. The zero-order chi connectivity index (χ0) is 18.3. The topological polar surface area (TPSA) is 63.1 Å². The average molecular weight is 408 g/mol. The smallest absolute Gasteiger partial charge is 0.265 e. The molecular formula is C18H18ClN3O2S2. The number of hydrogen-bond acceptors (Lipinski definition) is 4. The minimum absolute atomic E-state index is 0.00632. The van der Waals surface area contributed by atoms with Gasteiger partial charge in [0.25, 0.3) is 5.91 Å². The molecule has 1 fully saturated rings. The molecule has 0 bridgehead atoms. The Hall–Kier alpha value is -1.70. The largest absolute Gasteiger partial charge is 0.347 e. The molecule has 1 aromatic carbocycles. The number of nitrogens with one attached hydrogen (secondary N) is 2. The Bertz CT molecular complexity index is 909. The van der Waals surface area contributed by atoms with Crippen LogP contribution in [0.15, 0.2) is 30.3 Å². The molecule has 1 aliphatic heterocycles. The van der Waals surface area contributed by atoms with E-state index in [1.807, 2.05) is 34.9 Å². The number of halogens is 1. The van der Waals surface area contributed by atoms with E-state index in [9.17, 15) is 9.59 Å². The van der Waals surface area contributed by atoms with Crippen LogP contribution in [0.1, 0.15) is 40.5 Å². The molecule has 2 aliphatic rings. The van der Waals surface area contributed by atoms with E-state index < -0.39 is 0 Å². The first-order valence-electron chi connectivity index (χ1n) is 8.57. The molecule has 0 saturated heterocycles. The summed E-state index contributed by atoms with van der Waals surface area (Å²) >= 11 is 13.0. The van der Waals surface area contributed by atoms with Gasteiger partial charge in [-0.1, -0.05) is 41.7 Å².